The van der Waals surface area contributed by atoms with Gasteiger partial charge in [-0.05, 0) is 37.1 Å². The molecule has 0 aliphatic carbocycles. The number of hydrogen-bond donors (Lipinski definition) is 1. The van der Waals surface area contributed by atoms with E-state index in [0.29, 0.717) is 11.2 Å². The van der Waals surface area contributed by atoms with Crippen molar-refractivity contribution in [3.63, 3.8) is 0 Å². The SMILES string of the molecule is Cc1cnc(C[S+]([O-])c2nc3cc(OC(F)(F)C(F)F)ccc3[nH]2)c(C)c1. The maximum atomic E-state index is 13.0. The van der Waals surface area contributed by atoms with Crippen LogP contribution in [-0.4, -0.2) is 32.0 Å². The van der Waals surface area contributed by atoms with Crippen molar-refractivity contribution in [3.8, 4) is 5.75 Å². The van der Waals surface area contributed by atoms with E-state index in [4.69, 9.17) is 0 Å². The molecule has 0 saturated carbocycles. The molecule has 0 saturated heterocycles. The fourth-order valence-electron chi connectivity index (χ4n) is 2.42. The van der Waals surface area contributed by atoms with E-state index in [0.717, 1.165) is 23.3 Å². The Bertz CT molecular complexity index is 965. The molecule has 1 aromatic carbocycles. The molecule has 5 nitrogen and oxygen atoms in total. The Morgan fingerprint density at radius 1 is 1.26 bits per heavy atom. The van der Waals surface area contributed by atoms with E-state index >= 15 is 0 Å². The van der Waals surface area contributed by atoms with Gasteiger partial charge in [-0.25, -0.2) is 0 Å². The smallest absolute Gasteiger partial charge is 0.461 e. The first-order chi connectivity index (χ1) is 12.7. The molecule has 0 bridgehead atoms. The topological polar surface area (TPSA) is 73.9 Å². The number of H-pyrrole nitrogens is 1. The van der Waals surface area contributed by atoms with E-state index in [1.54, 1.807) is 6.20 Å². The molecule has 1 N–H and O–H groups in total. The highest BCUT2D eigenvalue weighted by atomic mass is 32.2. The Morgan fingerprint density at radius 2 is 2.00 bits per heavy atom. The number of aromatic nitrogens is 3. The minimum absolute atomic E-state index is 0.124. The van der Waals surface area contributed by atoms with Crippen LogP contribution in [0.3, 0.4) is 0 Å². The lowest BCUT2D eigenvalue weighted by molar-refractivity contribution is -0.253. The zero-order chi connectivity index (χ0) is 19.8. The number of rotatable bonds is 6. The third-order valence-corrected chi connectivity index (χ3v) is 4.91. The largest absolute Gasteiger partial charge is 0.609 e. The number of alkyl halides is 4. The molecule has 0 aliphatic rings. The fraction of sp³-hybridized carbons (Fsp3) is 0.294. The molecule has 1 atom stereocenters. The zero-order valence-electron chi connectivity index (χ0n) is 14.3. The number of nitrogens with one attached hydrogen (secondary N) is 1. The molecule has 2 aromatic heterocycles. The second kappa shape index (κ2) is 7.35. The van der Waals surface area contributed by atoms with Crippen molar-refractivity contribution in [2.45, 2.75) is 37.3 Å². The number of benzene rings is 1. The van der Waals surface area contributed by atoms with Crippen LogP contribution in [0.5, 0.6) is 5.75 Å². The zero-order valence-corrected chi connectivity index (χ0v) is 15.1. The molecular formula is C17H15F4N3O2S. The van der Waals surface area contributed by atoms with Crippen molar-refractivity contribution in [3.05, 3.63) is 47.3 Å². The highest BCUT2D eigenvalue weighted by molar-refractivity contribution is 7.90. The number of nitrogens with zero attached hydrogens (tertiary/aromatic N) is 2. The fourth-order valence-corrected chi connectivity index (χ4v) is 3.53. The summed E-state index contributed by atoms with van der Waals surface area (Å²) in [5.41, 5.74) is 3.12. The Balaban J connectivity index is 1.81. The van der Waals surface area contributed by atoms with Gasteiger partial charge in [0.2, 0.25) is 0 Å². The van der Waals surface area contributed by atoms with Crippen molar-refractivity contribution in [2.24, 2.45) is 0 Å². The van der Waals surface area contributed by atoms with E-state index in [-0.39, 0.29) is 16.4 Å². The molecule has 3 rings (SSSR count). The third-order valence-electron chi connectivity index (χ3n) is 3.75. The van der Waals surface area contributed by atoms with Crippen LogP contribution in [0.15, 0.2) is 35.6 Å². The van der Waals surface area contributed by atoms with Gasteiger partial charge in [0, 0.05) is 23.4 Å². The molecule has 2 heterocycles. The first kappa shape index (κ1) is 19.4. The van der Waals surface area contributed by atoms with Gasteiger partial charge in [0.15, 0.2) is 5.75 Å². The van der Waals surface area contributed by atoms with E-state index in [9.17, 15) is 22.1 Å². The van der Waals surface area contributed by atoms with Gasteiger partial charge in [-0.3, -0.25) is 9.97 Å². The van der Waals surface area contributed by atoms with Crippen LogP contribution in [0.2, 0.25) is 0 Å². The predicted octanol–water partition coefficient (Wildman–Crippen LogP) is 4.12. The normalized spacial score (nSPS) is 13.3. The molecule has 27 heavy (non-hydrogen) atoms. The first-order valence-electron chi connectivity index (χ1n) is 7.81. The van der Waals surface area contributed by atoms with Gasteiger partial charge in [-0.1, -0.05) is 6.07 Å². The van der Waals surface area contributed by atoms with Gasteiger partial charge in [-0.15, -0.1) is 0 Å². The summed E-state index contributed by atoms with van der Waals surface area (Å²) in [6.07, 6.45) is -6.89. The Kier molecular flexibility index (Phi) is 5.29. The van der Waals surface area contributed by atoms with E-state index < -0.39 is 29.5 Å². The van der Waals surface area contributed by atoms with Gasteiger partial charge >= 0.3 is 17.7 Å². The van der Waals surface area contributed by atoms with Crippen molar-refractivity contribution >= 4 is 22.2 Å². The molecule has 0 aliphatic heterocycles. The van der Waals surface area contributed by atoms with Crippen LogP contribution >= 0.6 is 0 Å². The average Bonchev–Trinajstić information content (AvgIpc) is 3.00. The van der Waals surface area contributed by atoms with E-state index in [2.05, 4.69) is 19.7 Å². The molecule has 1 unspecified atom stereocenters. The van der Waals surface area contributed by atoms with E-state index in [1.165, 1.54) is 6.07 Å². The summed E-state index contributed by atoms with van der Waals surface area (Å²) in [6.45, 7) is 3.76. The van der Waals surface area contributed by atoms with Crippen molar-refractivity contribution in [2.75, 3.05) is 0 Å². The maximum Gasteiger partial charge on any atom is 0.461 e. The van der Waals surface area contributed by atoms with Crippen molar-refractivity contribution in [1.29, 1.82) is 0 Å². The summed E-state index contributed by atoms with van der Waals surface area (Å²) < 4.78 is 67.1. The molecule has 0 amide bonds. The highest BCUT2D eigenvalue weighted by Gasteiger charge is 2.44. The molecule has 10 heteroatoms. The lowest BCUT2D eigenvalue weighted by atomic mass is 10.2. The summed E-state index contributed by atoms with van der Waals surface area (Å²) in [4.78, 5) is 11.2. The third kappa shape index (κ3) is 4.33. The summed E-state index contributed by atoms with van der Waals surface area (Å²) in [5.74, 6) is -0.341. The summed E-state index contributed by atoms with van der Waals surface area (Å²) in [5, 5.41) is 0.129. The monoisotopic (exact) mass is 401 g/mol. The highest BCUT2D eigenvalue weighted by Crippen LogP contribution is 2.29. The molecule has 0 radical (unpaired) electrons. The lowest BCUT2D eigenvalue weighted by Gasteiger charge is -2.16. The molecule has 0 spiro atoms. The van der Waals surface area contributed by atoms with Crippen LogP contribution in [0.1, 0.15) is 16.8 Å². The van der Waals surface area contributed by atoms with Gasteiger partial charge < -0.3 is 9.29 Å². The van der Waals surface area contributed by atoms with Crippen LogP contribution in [0.4, 0.5) is 17.6 Å². The number of ether oxygens (including phenoxy) is 1. The number of aryl methyl sites for hydroxylation is 2. The molecule has 144 valence electrons. The summed E-state index contributed by atoms with van der Waals surface area (Å²) >= 11 is -1.56. The minimum atomic E-state index is -4.61. The molecular weight excluding hydrogens is 386 g/mol. The first-order valence-corrected chi connectivity index (χ1v) is 9.13. The van der Waals surface area contributed by atoms with Crippen LogP contribution in [0, 0.1) is 13.8 Å². The van der Waals surface area contributed by atoms with Crippen molar-refractivity contribution < 1.29 is 26.9 Å². The van der Waals surface area contributed by atoms with Gasteiger partial charge in [0.25, 0.3) is 0 Å². The standard InChI is InChI=1S/C17H15F4N3O2S/c1-9-5-10(2)14(22-7-9)8-27(25)16-23-12-4-3-11(6-13(12)24-16)26-17(20,21)15(18)19/h3-7,15H,8H2,1-2H3,(H,23,24). The Morgan fingerprint density at radius 3 is 2.67 bits per heavy atom. The van der Waals surface area contributed by atoms with Gasteiger partial charge in [-0.2, -0.15) is 22.5 Å². The van der Waals surface area contributed by atoms with Gasteiger partial charge in [0.1, 0.15) is 5.75 Å². The Hall–Kier alpha value is -2.33. The maximum absolute atomic E-state index is 13.0. The molecule has 0 fully saturated rings. The summed E-state index contributed by atoms with van der Waals surface area (Å²) in [7, 11) is 0. The number of pyridine rings is 1. The van der Waals surface area contributed by atoms with Crippen LogP contribution in [0.25, 0.3) is 11.0 Å². The quantitative estimate of drug-likeness (QED) is 0.498. The predicted molar refractivity (Wildman–Crippen MR) is 91.5 cm³/mol. The lowest BCUT2D eigenvalue weighted by Crippen LogP contribution is -2.33. The Labute approximate surface area is 155 Å². The van der Waals surface area contributed by atoms with Crippen LogP contribution in [-0.2, 0) is 16.9 Å². The summed E-state index contributed by atoms with van der Waals surface area (Å²) in [6, 6.07) is 5.45. The van der Waals surface area contributed by atoms with Gasteiger partial charge in [0.05, 0.1) is 16.7 Å². The number of hydrogen-bond acceptors (Lipinski definition) is 4. The average molecular weight is 401 g/mol. The van der Waals surface area contributed by atoms with Crippen molar-refractivity contribution in [1.82, 2.24) is 15.0 Å². The number of halogens is 4. The number of fused-ring (bicyclic) bond motifs is 1. The second-order valence-corrected chi connectivity index (χ2v) is 7.32. The molecule has 3 aromatic rings. The minimum Gasteiger partial charge on any atom is -0.609 e. The second-order valence-electron chi connectivity index (χ2n) is 5.95. The number of aromatic amines is 1. The van der Waals surface area contributed by atoms with Crippen LogP contribution < -0.4 is 4.74 Å². The van der Waals surface area contributed by atoms with E-state index in [1.807, 2.05) is 19.9 Å². The number of imidazole rings is 1.